The number of nitrogens with zero attached hydrogens (tertiary/aromatic N) is 2. The van der Waals surface area contributed by atoms with Crippen molar-refractivity contribution in [3.8, 4) is 17.6 Å². The number of nitriles is 1. The van der Waals surface area contributed by atoms with Gasteiger partial charge in [0.2, 0.25) is 0 Å². The molecule has 0 atom stereocenters. The normalized spacial score (nSPS) is 10.8. The summed E-state index contributed by atoms with van der Waals surface area (Å²) < 4.78 is 12.4. The summed E-state index contributed by atoms with van der Waals surface area (Å²) in [7, 11) is 0. The molecule has 0 saturated carbocycles. The van der Waals surface area contributed by atoms with Crippen molar-refractivity contribution >= 4 is 51.6 Å². The van der Waals surface area contributed by atoms with Crippen LogP contribution >= 0.6 is 34.8 Å². The minimum absolute atomic E-state index is 0.0222. The number of thiocarbonyl (C=S) groups is 1. The van der Waals surface area contributed by atoms with Crippen molar-refractivity contribution in [2.24, 2.45) is 5.73 Å². The summed E-state index contributed by atoms with van der Waals surface area (Å²) in [6.07, 6.45) is 1.59. The van der Waals surface area contributed by atoms with Crippen LogP contribution in [0.1, 0.15) is 18.1 Å². The topological polar surface area (TPSA) is 111 Å². The van der Waals surface area contributed by atoms with Gasteiger partial charge in [-0.2, -0.15) is 5.26 Å². The predicted molar refractivity (Wildman–Crippen MR) is 118 cm³/mol. The Morgan fingerprint density at radius 2 is 2.04 bits per heavy atom. The zero-order chi connectivity index (χ0) is 20.7. The first-order valence-electron chi connectivity index (χ1n) is 8.09. The molecule has 28 heavy (non-hydrogen) atoms. The monoisotopic (exact) mass is 509 g/mol. The standard InChI is InChI=1S/C19H16IN3O4S/c1-2-26-17-9-13(7-14(10-21)19(22)28)8-16(20)18(17)27-11-12-3-5-15(6-4-12)23(24)25/h3-9H,2,11H2,1H3,(H2,22,28)/b14-7+. The summed E-state index contributed by atoms with van der Waals surface area (Å²) in [5.74, 6) is 1.06. The molecule has 0 aromatic heterocycles. The fourth-order valence-corrected chi connectivity index (χ4v) is 3.15. The van der Waals surface area contributed by atoms with Crippen molar-refractivity contribution in [2.75, 3.05) is 6.61 Å². The first kappa shape index (κ1) is 21.6. The van der Waals surface area contributed by atoms with E-state index >= 15 is 0 Å². The van der Waals surface area contributed by atoms with Gasteiger partial charge >= 0.3 is 0 Å². The lowest BCUT2D eigenvalue weighted by atomic mass is 10.1. The number of hydrogen-bond acceptors (Lipinski definition) is 6. The molecule has 2 rings (SSSR count). The Morgan fingerprint density at radius 3 is 2.57 bits per heavy atom. The van der Waals surface area contributed by atoms with Crippen LogP contribution in [0.5, 0.6) is 11.5 Å². The highest BCUT2D eigenvalue weighted by Crippen LogP contribution is 2.35. The van der Waals surface area contributed by atoms with Gasteiger partial charge in [-0.15, -0.1) is 0 Å². The second-order valence-electron chi connectivity index (χ2n) is 5.51. The second-order valence-corrected chi connectivity index (χ2v) is 7.11. The molecule has 7 nitrogen and oxygen atoms in total. The molecule has 0 aliphatic rings. The van der Waals surface area contributed by atoms with E-state index in [0.717, 1.165) is 9.13 Å². The number of ether oxygens (including phenoxy) is 2. The van der Waals surface area contributed by atoms with E-state index in [1.807, 2.05) is 19.1 Å². The number of rotatable bonds is 8. The van der Waals surface area contributed by atoms with E-state index in [9.17, 15) is 10.1 Å². The van der Waals surface area contributed by atoms with Crippen LogP contribution < -0.4 is 15.2 Å². The van der Waals surface area contributed by atoms with E-state index < -0.39 is 4.92 Å². The van der Waals surface area contributed by atoms with Crippen molar-refractivity contribution in [3.05, 3.63) is 66.8 Å². The quantitative estimate of drug-likeness (QED) is 0.141. The maximum Gasteiger partial charge on any atom is 0.269 e. The van der Waals surface area contributed by atoms with Crippen LogP contribution in [0.3, 0.4) is 0 Å². The van der Waals surface area contributed by atoms with Crippen LogP contribution in [0.2, 0.25) is 0 Å². The average Bonchev–Trinajstić information content (AvgIpc) is 2.65. The fourth-order valence-electron chi connectivity index (χ4n) is 2.27. The SMILES string of the molecule is CCOc1cc(/C=C(\C#N)C(N)=S)cc(I)c1OCc1ccc([N+](=O)[O-])cc1. The highest BCUT2D eigenvalue weighted by atomic mass is 127. The average molecular weight is 509 g/mol. The maximum atomic E-state index is 10.7. The summed E-state index contributed by atoms with van der Waals surface area (Å²) in [6.45, 7) is 2.50. The van der Waals surface area contributed by atoms with Crippen molar-refractivity contribution < 1.29 is 14.4 Å². The Morgan fingerprint density at radius 1 is 1.36 bits per heavy atom. The molecule has 0 spiro atoms. The van der Waals surface area contributed by atoms with Crippen molar-refractivity contribution in [1.82, 2.24) is 0 Å². The number of halogens is 1. The van der Waals surface area contributed by atoms with Crippen LogP contribution in [-0.2, 0) is 6.61 Å². The number of nitro groups is 1. The number of hydrogen-bond donors (Lipinski definition) is 1. The predicted octanol–water partition coefficient (Wildman–Crippen LogP) is 4.37. The van der Waals surface area contributed by atoms with Crippen LogP contribution in [0, 0.1) is 25.0 Å². The van der Waals surface area contributed by atoms with Crippen LogP contribution in [0.4, 0.5) is 5.69 Å². The summed E-state index contributed by atoms with van der Waals surface area (Å²) in [5, 5.41) is 19.9. The number of non-ortho nitro benzene ring substituents is 1. The molecule has 0 bridgehead atoms. The van der Waals surface area contributed by atoms with Gasteiger partial charge in [-0.25, -0.2) is 0 Å². The Kier molecular flexibility index (Phi) is 7.71. The largest absolute Gasteiger partial charge is 0.490 e. The molecule has 0 fully saturated rings. The molecule has 0 heterocycles. The van der Waals surface area contributed by atoms with Gasteiger partial charge in [0.15, 0.2) is 11.5 Å². The summed E-state index contributed by atoms with van der Waals surface area (Å²) in [5.41, 5.74) is 7.26. The molecule has 0 radical (unpaired) electrons. The second kappa shape index (κ2) is 10.0. The first-order valence-corrected chi connectivity index (χ1v) is 9.58. The lowest BCUT2D eigenvalue weighted by Crippen LogP contribution is -2.09. The molecule has 9 heteroatoms. The van der Waals surface area contributed by atoms with Gasteiger partial charge in [0.25, 0.3) is 5.69 Å². The van der Waals surface area contributed by atoms with E-state index in [-0.39, 0.29) is 22.9 Å². The molecule has 2 aromatic carbocycles. The van der Waals surface area contributed by atoms with E-state index in [4.69, 9.17) is 32.7 Å². The molecule has 0 saturated heterocycles. The lowest BCUT2D eigenvalue weighted by Gasteiger charge is -2.15. The third kappa shape index (κ3) is 5.64. The van der Waals surface area contributed by atoms with E-state index in [0.29, 0.717) is 23.7 Å². The molecule has 144 valence electrons. The first-order chi connectivity index (χ1) is 13.3. The van der Waals surface area contributed by atoms with Gasteiger partial charge in [0.1, 0.15) is 17.7 Å². The molecule has 2 aromatic rings. The number of benzene rings is 2. The summed E-state index contributed by atoms with van der Waals surface area (Å²) >= 11 is 6.98. The van der Waals surface area contributed by atoms with E-state index in [1.165, 1.54) is 12.1 Å². The zero-order valence-corrected chi connectivity index (χ0v) is 17.8. The van der Waals surface area contributed by atoms with E-state index in [2.05, 4.69) is 22.6 Å². The molecule has 0 aliphatic heterocycles. The molecular weight excluding hydrogens is 493 g/mol. The van der Waals surface area contributed by atoms with Gasteiger partial charge < -0.3 is 15.2 Å². The van der Waals surface area contributed by atoms with Crippen LogP contribution in [0.15, 0.2) is 42.0 Å². The molecule has 0 unspecified atom stereocenters. The van der Waals surface area contributed by atoms with Crippen LogP contribution in [-0.4, -0.2) is 16.5 Å². The Hall–Kier alpha value is -2.71. The maximum absolute atomic E-state index is 10.7. The van der Waals surface area contributed by atoms with Gasteiger partial charge in [0, 0.05) is 12.1 Å². The molecule has 0 amide bonds. The minimum atomic E-state index is -0.449. The number of nitrogens with two attached hydrogens (primary N) is 1. The number of nitro benzene ring substituents is 1. The minimum Gasteiger partial charge on any atom is -0.490 e. The molecule has 0 aliphatic carbocycles. The highest BCUT2D eigenvalue weighted by molar-refractivity contribution is 14.1. The van der Waals surface area contributed by atoms with Gasteiger partial charge in [0.05, 0.1) is 20.7 Å². The zero-order valence-electron chi connectivity index (χ0n) is 14.8. The Balaban J connectivity index is 2.29. The van der Waals surface area contributed by atoms with Crippen molar-refractivity contribution in [2.45, 2.75) is 13.5 Å². The van der Waals surface area contributed by atoms with Crippen molar-refractivity contribution in [1.29, 1.82) is 5.26 Å². The van der Waals surface area contributed by atoms with Gasteiger partial charge in [-0.1, -0.05) is 12.2 Å². The Labute approximate surface area is 181 Å². The third-order valence-corrected chi connectivity index (χ3v) is 4.58. The van der Waals surface area contributed by atoms with E-state index in [1.54, 1.807) is 24.3 Å². The lowest BCUT2D eigenvalue weighted by molar-refractivity contribution is -0.384. The highest BCUT2D eigenvalue weighted by Gasteiger charge is 2.13. The molecular formula is C19H16IN3O4S. The summed E-state index contributed by atoms with van der Waals surface area (Å²) in [4.78, 5) is 10.3. The van der Waals surface area contributed by atoms with Crippen LogP contribution in [0.25, 0.3) is 6.08 Å². The third-order valence-electron chi connectivity index (χ3n) is 3.56. The fraction of sp³-hybridized carbons (Fsp3) is 0.158. The molecule has 2 N–H and O–H groups in total. The van der Waals surface area contributed by atoms with Gasteiger partial charge in [-0.05, 0) is 71.0 Å². The van der Waals surface area contributed by atoms with Crippen molar-refractivity contribution in [3.63, 3.8) is 0 Å². The Bertz CT molecular complexity index is 968. The summed E-state index contributed by atoms with van der Waals surface area (Å²) in [6, 6.07) is 11.7. The smallest absolute Gasteiger partial charge is 0.269 e. The van der Waals surface area contributed by atoms with Gasteiger partial charge in [-0.3, -0.25) is 10.1 Å².